The third-order valence-electron chi connectivity index (χ3n) is 5.32. The smallest absolute Gasteiger partial charge is 0.229 e. The van der Waals surface area contributed by atoms with E-state index in [1.807, 2.05) is 29.6 Å². The second-order valence-electron chi connectivity index (χ2n) is 7.39. The van der Waals surface area contributed by atoms with Crippen molar-refractivity contribution in [3.8, 4) is 11.3 Å². The standard InChI is InChI=1S/C23H22FN3O2S/c24-20-6-2-1-4-17(20)12-22(28)27-11-3-5-18(13-27)23(29)26-19-9-7-16(8-10-19)21-14-30-15-25-21/h1-2,4,6-10,14-15,18H,3,5,11-13H2,(H,26,29). The van der Waals surface area contributed by atoms with Gasteiger partial charge in [0.2, 0.25) is 11.8 Å². The lowest BCUT2D eigenvalue weighted by molar-refractivity contribution is -0.134. The lowest BCUT2D eigenvalue weighted by Gasteiger charge is -2.32. The van der Waals surface area contributed by atoms with Gasteiger partial charge in [-0.3, -0.25) is 9.59 Å². The summed E-state index contributed by atoms with van der Waals surface area (Å²) in [4.78, 5) is 31.3. The minimum atomic E-state index is -0.377. The zero-order chi connectivity index (χ0) is 20.9. The van der Waals surface area contributed by atoms with Crippen LogP contribution < -0.4 is 5.32 Å². The van der Waals surface area contributed by atoms with E-state index in [1.165, 1.54) is 17.4 Å². The van der Waals surface area contributed by atoms with E-state index in [2.05, 4.69) is 10.3 Å². The van der Waals surface area contributed by atoms with Crippen LogP contribution in [0.3, 0.4) is 0 Å². The topological polar surface area (TPSA) is 62.3 Å². The second-order valence-corrected chi connectivity index (χ2v) is 8.11. The zero-order valence-electron chi connectivity index (χ0n) is 16.4. The van der Waals surface area contributed by atoms with Crippen LogP contribution in [0, 0.1) is 11.7 Å². The second kappa shape index (κ2) is 9.17. The third kappa shape index (κ3) is 4.74. The molecule has 1 atom stereocenters. The Balaban J connectivity index is 1.35. The van der Waals surface area contributed by atoms with Gasteiger partial charge in [-0.25, -0.2) is 9.37 Å². The van der Waals surface area contributed by atoms with Crippen molar-refractivity contribution in [1.82, 2.24) is 9.88 Å². The molecule has 1 aromatic heterocycles. The number of hydrogen-bond acceptors (Lipinski definition) is 4. The molecule has 1 saturated heterocycles. The molecule has 0 radical (unpaired) electrons. The predicted molar refractivity (Wildman–Crippen MR) is 116 cm³/mol. The van der Waals surface area contributed by atoms with E-state index in [-0.39, 0.29) is 30.0 Å². The summed E-state index contributed by atoms with van der Waals surface area (Å²) in [6.07, 6.45) is 1.50. The van der Waals surface area contributed by atoms with Gasteiger partial charge in [0.05, 0.1) is 23.5 Å². The molecule has 1 fully saturated rings. The highest BCUT2D eigenvalue weighted by molar-refractivity contribution is 7.07. The van der Waals surface area contributed by atoms with Crippen LogP contribution in [0.4, 0.5) is 10.1 Å². The summed E-state index contributed by atoms with van der Waals surface area (Å²) in [5.74, 6) is -0.898. The summed E-state index contributed by atoms with van der Waals surface area (Å²) < 4.78 is 13.8. The normalized spacial score (nSPS) is 16.3. The highest BCUT2D eigenvalue weighted by Gasteiger charge is 2.28. The van der Waals surface area contributed by atoms with E-state index in [9.17, 15) is 14.0 Å². The van der Waals surface area contributed by atoms with Gasteiger partial charge < -0.3 is 10.2 Å². The summed E-state index contributed by atoms with van der Waals surface area (Å²) in [6, 6.07) is 13.9. The number of likely N-dealkylation sites (tertiary alicyclic amines) is 1. The Kier molecular flexibility index (Phi) is 6.18. The molecule has 0 saturated carbocycles. The number of benzene rings is 2. The summed E-state index contributed by atoms with van der Waals surface area (Å²) >= 11 is 1.54. The van der Waals surface area contributed by atoms with E-state index in [1.54, 1.807) is 28.6 Å². The quantitative estimate of drug-likeness (QED) is 0.663. The van der Waals surface area contributed by atoms with Gasteiger partial charge in [-0.15, -0.1) is 11.3 Å². The minimum Gasteiger partial charge on any atom is -0.342 e. The zero-order valence-corrected chi connectivity index (χ0v) is 17.2. The molecular formula is C23H22FN3O2S. The van der Waals surface area contributed by atoms with Crippen LogP contribution >= 0.6 is 11.3 Å². The highest BCUT2D eigenvalue weighted by Crippen LogP contribution is 2.23. The fourth-order valence-corrected chi connectivity index (χ4v) is 4.22. The number of piperidine rings is 1. The fraction of sp³-hybridized carbons (Fsp3) is 0.261. The van der Waals surface area contributed by atoms with Gasteiger partial charge in [-0.05, 0) is 36.6 Å². The number of halogens is 1. The van der Waals surface area contributed by atoms with Crippen molar-refractivity contribution in [2.24, 2.45) is 5.92 Å². The van der Waals surface area contributed by atoms with Crippen LogP contribution in [0.1, 0.15) is 18.4 Å². The summed E-state index contributed by atoms with van der Waals surface area (Å²) in [6.45, 7) is 0.954. The molecule has 0 bridgehead atoms. The van der Waals surface area contributed by atoms with Crippen LogP contribution in [-0.4, -0.2) is 34.8 Å². The molecule has 1 N–H and O–H groups in total. The maximum absolute atomic E-state index is 13.8. The number of thiazole rings is 1. The summed E-state index contributed by atoms with van der Waals surface area (Å²) in [5, 5.41) is 4.92. The number of carbonyl (C=O) groups is 2. The maximum atomic E-state index is 13.8. The molecule has 1 aliphatic heterocycles. The highest BCUT2D eigenvalue weighted by atomic mass is 32.1. The van der Waals surface area contributed by atoms with Crippen LogP contribution in [0.25, 0.3) is 11.3 Å². The predicted octanol–water partition coefficient (Wildman–Crippen LogP) is 4.37. The van der Waals surface area contributed by atoms with Gasteiger partial charge in [0.15, 0.2) is 0 Å². The Hall–Kier alpha value is -3.06. The first-order chi connectivity index (χ1) is 14.6. The molecule has 2 aromatic carbocycles. The number of rotatable bonds is 5. The van der Waals surface area contributed by atoms with Crippen molar-refractivity contribution in [3.05, 3.63) is 70.8 Å². The van der Waals surface area contributed by atoms with E-state index >= 15 is 0 Å². The first kappa shape index (κ1) is 20.2. The first-order valence-electron chi connectivity index (χ1n) is 9.91. The summed E-state index contributed by atoms with van der Waals surface area (Å²) in [7, 11) is 0. The SMILES string of the molecule is O=C(Nc1ccc(-c2cscn2)cc1)C1CCCN(C(=O)Cc2ccccc2F)C1. The van der Waals surface area contributed by atoms with E-state index in [0.717, 1.165) is 24.1 Å². The maximum Gasteiger partial charge on any atom is 0.229 e. The molecule has 30 heavy (non-hydrogen) atoms. The average Bonchev–Trinajstić information content (AvgIpc) is 3.31. The average molecular weight is 424 g/mol. The van der Waals surface area contributed by atoms with Crippen molar-refractivity contribution >= 4 is 28.8 Å². The van der Waals surface area contributed by atoms with E-state index < -0.39 is 0 Å². The number of amides is 2. The monoisotopic (exact) mass is 423 g/mol. The van der Waals surface area contributed by atoms with Gasteiger partial charge in [-0.1, -0.05) is 30.3 Å². The number of hydrogen-bond donors (Lipinski definition) is 1. The molecule has 154 valence electrons. The molecule has 0 spiro atoms. The number of anilines is 1. The van der Waals surface area contributed by atoms with Crippen LogP contribution in [0.2, 0.25) is 0 Å². The number of aromatic nitrogens is 1. The van der Waals surface area contributed by atoms with Crippen LogP contribution in [-0.2, 0) is 16.0 Å². The van der Waals surface area contributed by atoms with Crippen molar-refractivity contribution in [2.75, 3.05) is 18.4 Å². The lowest BCUT2D eigenvalue weighted by atomic mass is 9.96. The molecule has 4 rings (SSSR count). The van der Waals surface area contributed by atoms with E-state index in [0.29, 0.717) is 24.3 Å². The Bertz CT molecular complexity index is 1020. The molecule has 0 aliphatic carbocycles. The minimum absolute atomic E-state index is 0.0130. The van der Waals surface area contributed by atoms with Crippen molar-refractivity contribution in [2.45, 2.75) is 19.3 Å². The molecule has 2 amide bonds. The molecule has 3 aromatic rings. The van der Waals surface area contributed by atoms with Gasteiger partial charge in [0, 0.05) is 29.7 Å². The molecule has 1 unspecified atom stereocenters. The van der Waals surface area contributed by atoms with Gasteiger partial charge >= 0.3 is 0 Å². The van der Waals surface area contributed by atoms with Gasteiger partial charge in [-0.2, -0.15) is 0 Å². The fourth-order valence-electron chi connectivity index (χ4n) is 3.66. The molecular weight excluding hydrogens is 401 g/mol. The van der Waals surface area contributed by atoms with Gasteiger partial charge in [0.1, 0.15) is 5.82 Å². The molecule has 1 aliphatic rings. The van der Waals surface area contributed by atoms with E-state index in [4.69, 9.17) is 0 Å². The Labute approximate surface area is 178 Å². The van der Waals surface area contributed by atoms with Crippen molar-refractivity contribution in [1.29, 1.82) is 0 Å². The Morgan fingerprint density at radius 3 is 2.70 bits per heavy atom. The molecule has 2 heterocycles. The van der Waals surface area contributed by atoms with Gasteiger partial charge in [0.25, 0.3) is 0 Å². The molecule has 5 nitrogen and oxygen atoms in total. The van der Waals surface area contributed by atoms with Crippen LogP contribution in [0.5, 0.6) is 0 Å². The number of carbonyl (C=O) groups excluding carboxylic acids is 2. The number of nitrogens with one attached hydrogen (secondary N) is 1. The third-order valence-corrected chi connectivity index (χ3v) is 5.91. The van der Waals surface area contributed by atoms with Crippen molar-refractivity contribution < 1.29 is 14.0 Å². The lowest BCUT2D eigenvalue weighted by Crippen LogP contribution is -2.44. The first-order valence-corrected chi connectivity index (χ1v) is 10.8. The Morgan fingerprint density at radius 2 is 1.97 bits per heavy atom. The molecule has 7 heteroatoms. The Morgan fingerprint density at radius 1 is 1.17 bits per heavy atom. The summed E-state index contributed by atoms with van der Waals surface area (Å²) in [5.41, 5.74) is 4.79. The largest absolute Gasteiger partial charge is 0.342 e. The van der Waals surface area contributed by atoms with Crippen molar-refractivity contribution in [3.63, 3.8) is 0 Å². The number of nitrogens with zero attached hydrogens (tertiary/aromatic N) is 2. The van der Waals surface area contributed by atoms with Crippen LogP contribution in [0.15, 0.2) is 59.4 Å².